The smallest absolute Gasteiger partial charge is 0.693 e. The summed E-state index contributed by atoms with van der Waals surface area (Å²) in [5.41, 5.74) is 0.802. The molecule has 0 aliphatic carbocycles. The van der Waals surface area contributed by atoms with Crippen molar-refractivity contribution in [1.82, 2.24) is 0 Å². The molecule has 26 heavy (non-hydrogen) atoms. The van der Waals surface area contributed by atoms with Crippen molar-refractivity contribution in [3.8, 4) is 0 Å². The zero-order chi connectivity index (χ0) is 17.7. The van der Waals surface area contributed by atoms with Gasteiger partial charge in [-0.05, 0) is 17.9 Å². The molecule has 0 bridgehead atoms. The first-order valence-corrected chi connectivity index (χ1v) is 7.57. The molecule has 0 saturated carbocycles. The Hall–Kier alpha value is -0.996. The van der Waals surface area contributed by atoms with Crippen molar-refractivity contribution in [1.29, 1.82) is 0 Å². The number of carbonyl (C=O) groups is 1. The number of rotatable bonds is 5. The average Bonchev–Trinajstić information content (AvgIpc) is 2.56. The molecule has 5 N–H and O–H groups in total. The third kappa shape index (κ3) is 15.3. The minimum Gasteiger partial charge on any atom is -0.693 e. The van der Waals surface area contributed by atoms with E-state index in [1.54, 1.807) is 13.3 Å². The number of thiol groups is 1. The number of benzene rings is 1. The summed E-state index contributed by atoms with van der Waals surface area (Å²) in [6.45, 7) is 3.79. The topological polar surface area (TPSA) is 118 Å². The van der Waals surface area contributed by atoms with Crippen LogP contribution >= 0.6 is 12.6 Å². The second-order valence-electron chi connectivity index (χ2n) is 4.13. The van der Waals surface area contributed by atoms with Crippen molar-refractivity contribution in [2.45, 2.75) is 20.3 Å². The van der Waals surface area contributed by atoms with Gasteiger partial charge in [0.15, 0.2) is 0 Å². The Kier molecular flexibility index (Phi) is 25.5. The van der Waals surface area contributed by atoms with E-state index in [1.165, 1.54) is 31.7 Å². The van der Waals surface area contributed by atoms with Gasteiger partial charge in [-0.25, -0.2) is 4.99 Å². The van der Waals surface area contributed by atoms with Crippen LogP contribution in [0.2, 0.25) is 0 Å². The first-order valence-electron chi connectivity index (χ1n) is 6.94. The van der Waals surface area contributed by atoms with Crippen LogP contribution in [0.1, 0.15) is 25.8 Å². The van der Waals surface area contributed by atoms with Crippen molar-refractivity contribution in [2.24, 2.45) is 4.99 Å². The predicted octanol–water partition coefficient (Wildman–Crippen LogP) is 5.58. The normalized spacial score (nSPS) is 9.54. The van der Waals surface area contributed by atoms with Crippen LogP contribution in [0.5, 0.6) is 0 Å². The first-order chi connectivity index (χ1) is 11.0. The molecular weight excluding hydrogens is 439 g/mol. The molecule has 0 spiro atoms. The third-order valence-corrected chi connectivity index (χ3v) is 2.81. The summed E-state index contributed by atoms with van der Waals surface area (Å²) in [5, 5.41) is 2.48. The number of ether oxygens (including phenoxy) is 1. The van der Waals surface area contributed by atoms with Crippen LogP contribution in [0.4, 0.5) is 14.5 Å². The molecule has 0 saturated heterocycles. The van der Waals surface area contributed by atoms with Gasteiger partial charge < -0.3 is 22.4 Å². The van der Waals surface area contributed by atoms with E-state index in [-0.39, 0.29) is 50.8 Å². The van der Waals surface area contributed by atoms with Crippen molar-refractivity contribution < 1.29 is 51.0 Å². The Morgan fingerprint density at radius 2 is 2.00 bits per heavy atom. The number of halogens is 2. The SMILES string of the molecule is CCCS.C[CH-]c1cc(NC(=O)/C=C/OC(F)=NC)ccc1F.[NH2-].[NH2-].[Y+3]. The quantitative estimate of drug-likeness (QED) is 0.148. The maximum atomic E-state index is 13.2. The van der Waals surface area contributed by atoms with Gasteiger partial charge in [0.25, 0.3) is 5.91 Å². The second-order valence-corrected chi connectivity index (χ2v) is 4.58. The van der Waals surface area contributed by atoms with Gasteiger partial charge in [-0.2, -0.15) is 24.6 Å². The van der Waals surface area contributed by atoms with E-state index >= 15 is 0 Å². The summed E-state index contributed by atoms with van der Waals surface area (Å²) in [6, 6.07) is 4.15. The van der Waals surface area contributed by atoms with Gasteiger partial charge in [-0.1, -0.05) is 26.0 Å². The molecule has 0 atom stereocenters. The summed E-state index contributed by atoms with van der Waals surface area (Å²) in [6.07, 6.45) is 3.58. The first kappa shape index (κ1) is 32.7. The molecule has 6 nitrogen and oxygen atoms in total. The molecule has 0 aromatic heterocycles. The molecule has 0 aliphatic rings. The van der Waals surface area contributed by atoms with Crippen LogP contribution in [0.25, 0.3) is 12.3 Å². The largest absolute Gasteiger partial charge is 3.00 e. The summed E-state index contributed by atoms with van der Waals surface area (Å²) in [4.78, 5) is 14.5. The number of anilines is 1. The molecule has 1 aromatic carbocycles. The van der Waals surface area contributed by atoms with E-state index in [0.717, 1.165) is 18.1 Å². The number of nitrogens with two attached hydrogens (primary N) is 2. The maximum absolute atomic E-state index is 13.2. The molecule has 0 fully saturated rings. The van der Waals surface area contributed by atoms with Crippen LogP contribution in [0, 0.1) is 12.2 Å². The van der Waals surface area contributed by atoms with Crippen LogP contribution in [0.3, 0.4) is 0 Å². The fraction of sp³-hybridized carbons (Fsp3) is 0.312. The third-order valence-electron chi connectivity index (χ3n) is 2.36. The predicted molar refractivity (Wildman–Crippen MR) is 104 cm³/mol. The Balaban J connectivity index is -0.000000314. The minimum absolute atomic E-state index is 0. The Morgan fingerprint density at radius 3 is 2.46 bits per heavy atom. The number of amides is 1. The fourth-order valence-electron chi connectivity index (χ4n) is 1.23. The van der Waals surface area contributed by atoms with Gasteiger partial charge in [0.1, 0.15) is 6.26 Å². The maximum Gasteiger partial charge on any atom is 3.00 e. The molecule has 0 heterocycles. The number of aliphatic imine (C=N–C) groups is 1. The Labute approximate surface area is 184 Å². The summed E-state index contributed by atoms with van der Waals surface area (Å²) < 4.78 is 30.0. The van der Waals surface area contributed by atoms with E-state index in [4.69, 9.17) is 0 Å². The van der Waals surface area contributed by atoms with Crippen LogP contribution in [-0.2, 0) is 42.2 Å². The van der Waals surface area contributed by atoms with Crippen molar-refractivity contribution >= 4 is 30.4 Å². The Morgan fingerprint density at radius 1 is 1.42 bits per heavy atom. The van der Waals surface area contributed by atoms with Gasteiger partial charge in [0.2, 0.25) is 0 Å². The van der Waals surface area contributed by atoms with E-state index in [2.05, 4.69) is 34.6 Å². The summed E-state index contributed by atoms with van der Waals surface area (Å²) >= 11 is 3.92. The molecule has 1 aromatic rings. The minimum atomic E-state index is -1.05. The van der Waals surface area contributed by atoms with E-state index < -0.39 is 12.1 Å². The van der Waals surface area contributed by atoms with E-state index in [0.29, 0.717) is 11.3 Å². The van der Waals surface area contributed by atoms with E-state index in [1.807, 2.05) is 0 Å². The zero-order valence-corrected chi connectivity index (χ0v) is 18.8. The Bertz CT molecular complexity index is 559. The molecule has 1 rings (SSSR count). The fourth-order valence-corrected chi connectivity index (χ4v) is 1.23. The van der Waals surface area contributed by atoms with Crippen molar-refractivity contribution in [2.75, 3.05) is 18.1 Å². The van der Waals surface area contributed by atoms with Crippen LogP contribution < -0.4 is 5.32 Å². The zero-order valence-electron chi connectivity index (χ0n) is 15.1. The summed E-state index contributed by atoms with van der Waals surface area (Å²) in [7, 11) is 1.21. The molecule has 0 unspecified atom stereocenters. The number of carbonyl (C=O) groups excluding carboxylic acids is 1. The molecule has 10 heteroatoms. The van der Waals surface area contributed by atoms with Gasteiger partial charge >= 0.3 is 38.9 Å². The van der Waals surface area contributed by atoms with Crippen molar-refractivity contribution in [3.05, 3.63) is 60.6 Å². The van der Waals surface area contributed by atoms with Gasteiger partial charge in [-0.3, -0.25) is 9.18 Å². The molecule has 1 amide bonds. The monoisotopic (exact) mass is 464 g/mol. The number of hydrogen-bond acceptors (Lipinski definition) is 4. The number of nitrogens with one attached hydrogen (secondary N) is 1. The second kappa shape index (κ2) is 20.3. The molecule has 0 aliphatic heterocycles. The van der Waals surface area contributed by atoms with E-state index in [9.17, 15) is 13.6 Å². The number of hydrogen-bond donors (Lipinski definition) is 2. The summed E-state index contributed by atoms with van der Waals surface area (Å²) in [5.74, 6) is 0.109. The van der Waals surface area contributed by atoms with Gasteiger partial charge in [0, 0.05) is 18.9 Å². The van der Waals surface area contributed by atoms with Gasteiger partial charge in [0.05, 0.1) is 0 Å². The molecule has 144 valence electrons. The molecular formula is C16H25F2N4O2SY. The van der Waals surface area contributed by atoms with Crippen LogP contribution in [-0.4, -0.2) is 24.9 Å². The van der Waals surface area contributed by atoms with Gasteiger partial charge in [-0.15, -0.1) is 10.5 Å². The molecule has 0 radical (unpaired) electrons. The number of nitrogens with zero attached hydrogens (tertiary/aromatic N) is 1. The van der Waals surface area contributed by atoms with Crippen molar-refractivity contribution in [3.63, 3.8) is 0 Å². The van der Waals surface area contributed by atoms with Crippen LogP contribution in [0.15, 0.2) is 35.5 Å². The standard InChI is InChI=1S/C13H13F2N2O2.C3H8S.2H2N.Y/c1-3-9-8-10(4-5-11(9)14)17-12(18)6-7-19-13(15)16-2;1-2-3-4;;;/h3-8H,1-2H3,(H,17,18);4H,2-3H2,1H3;2*1H2;/q-1;;2*-1;+3/b7-6+,16-13?;;;;. The average molecular weight is 464 g/mol.